The SMILES string of the molecule is CC(C)(C)c1ccc(N2c3ccc(C(C)(C)C)cc3B3c4cccc5c4N(c4cc(N6c7ccc(C(C)(C)C)cc7C7(C)CCc8ccccc8C67C)cc2c43)C2(C)CCCCC52C)cc1. The number of fused-ring (bicyclic) bond motifs is 12. The molecular weight excluding hydrogens is 798 g/mol. The summed E-state index contributed by atoms with van der Waals surface area (Å²) in [5, 5.41) is 0. The minimum Gasteiger partial charge on any atom is -0.335 e. The lowest BCUT2D eigenvalue weighted by molar-refractivity contribution is 0.195. The van der Waals surface area contributed by atoms with Crippen molar-refractivity contribution in [2.24, 2.45) is 0 Å². The van der Waals surface area contributed by atoms with E-state index < -0.39 is 0 Å². The van der Waals surface area contributed by atoms with Crippen molar-refractivity contribution in [2.45, 2.75) is 167 Å². The van der Waals surface area contributed by atoms with Crippen LogP contribution in [0.2, 0.25) is 0 Å². The van der Waals surface area contributed by atoms with Crippen LogP contribution in [0.4, 0.5) is 39.8 Å². The first-order valence-corrected chi connectivity index (χ1v) is 25.3. The third-order valence-electron chi connectivity index (χ3n) is 18.7. The Morgan fingerprint density at radius 3 is 1.80 bits per heavy atom. The van der Waals surface area contributed by atoms with Crippen LogP contribution in [0.5, 0.6) is 0 Å². The molecule has 4 atom stereocenters. The first-order chi connectivity index (χ1) is 31.1. The lowest BCUT2D eigenvalue weighted by atomic mass is 9.33. The molecule has 1 saturated carbocycles. The van der Waals surface area contributed by atoms with Gasteiger partial charge in [-0.1, -0.05) is 168 Å². The van der Waals surface area contributed by atoms with Gasteiger partial charge in [0, 0.05) is 50.6 Å². The zero-order valence-corrected chi connectivity index (χ0v) is 42.1. The van der Waals surface area contributed by atoms with Gasteiger partial charge in [-0.15, -0.1) is 0 Å². The molecule has 3 nitrogen and oxygen atoms in total. The average Bonchev–Trinajstić information content (AvgIpc) is 3.62. The summed E-state index contributed by atoms with van der Waals surface area (Å²) in [5.41, 5.74) is 23.5. The molecule has 4 unspecified atom stereocenters. The Hall–Kier alpha value is -5.22. The van der Waals surface area contributed by atoms with Gasteiger partial charge in [0.25, 0.3) is 6.71 Å². The predicted molar refractivity (Wildman–Crippen MR) is 283 cm³/mol. The van der Waals surface area contributed by atoms with Gasteiger partial charge in [-0.2, -0.15) is 0 Å². The lowest BCUT2D eigenvalue weighted by Gasteiger charge is -2.54. The van der Waals surface area contributed by atoms with Crippen molar-refractivity contribution < 1.29 is 0 Å². The highest BCUT2D eigenvalue weighted by Gasteiger charge is 2.63. The fourth-order valence-corrected chi connectivity index (χ4v) is 14.4. The second-order valence-electron chi connectivity index (χ2n) is 25.3. The molecule has 0 radical (unpaired) electrons. The zero-order valence-electron chi connectivity index (χ0n) is 42.1. The maximum Gasteiger partial charge on any atom is 0.252 e. The smallest absolute Gasteiger partial charge is 0.252 e. The topological polar surface area (TPSA) is 9.72 Å². The summed E-state index contributed by atoms with van der Waals surface area (Å²) in [4.78, 5) is 8.42. The van der Waals surface area contributed by atoms with Crippen LogP contribution >= 0.6 is 0 Å². The first-order valence-electron chi connectivity index (χ1n) is 25.3. The van der Waals surface area contributed by atoms with Gasteiger partial charge < -0.3 is 14.7 Å². The van der Waals surface area contributed by atoms with Crippen LogP contribution in [-0.4, -0.2) is 12.3 Å². The van der Waals surface area contributed by atoms with E-state index in [1.54, 1.807) is 5.56 Å². The lowest BCUT2D eigenvalue weighted by Crippen LogP contribution is -2.64. The molecule has 6 aliphatic rings. The van der Waals surface area contributed by atoms with Crippen LogP contribution in [0.3, 0.4) is 0 Å². The molecule has 0 aromatic heterocycles. The van der Waals surface area contributed by atoms with Crippen LogP contribution in [-0.2, 0) is 39.0 Å². The molecular formula is C62H70BN3. The fourth-order valence-electron chi connectivity index (χ4n) is 14.4. The summed E-state index contributed by atoms with van der Waals surface area (Å²) >= 11 is 0. The van der Waals surface area contributed by atoms with Gasteiger partial charge in [0.1, 0.15) is 0 Å². The van der Waals surface area contributed by atoms with Crippen LogP contribution in [0.15, 0.2) is 115 Å². The number of anilines is 7. The van der Waals surface area contributed by atoms with Gasteiger partial charge in [0.05, 0.1) is 11.1 Å². The Labute approximate surface area is 396 Å². The normalized spacial score (nSPS) is 25.7. The van der Waals surface area contributed by atoms with Crippen LogP contribution < -0.4 is 31.1 Å². The minimum atomic E-state index is -0.333. The van der Waals surface area contributed by atoms with Crippen molar-refractivity contribution in [3.63, 3.8) is 0 Å². The van der Waals surface area contributed by atoms with Crippen LogP contribution in [0.1, 0.15) is 161 Å². The molecule has 0 saturated heterocycles. The number of hydrogen-bond acceptors (Lipinski definition) is 3. The second kappa shape index (κ2) is 13.3. The van der Waals surface area contributed by atoms with Crippen molar-refractivity contribution in [3.05, 3.63) is 154 Å². The summed E-state index contributed by atoms with van der Waals surface area (Å²) in [7, 11) is 0. The summed E-state index contributed by atoms with van der Waals surface area (Å²) < 4.78 is 0. The van der Waals surface area contributed by atoms with E-state index in [1.807, 2.05) is 0 Å². The summed E-state index contributed by atoms with van der Waals surface area (Å²) in [6.45, 7) is 31.7. The van der Waals surface area contributed by atoms with E-state index >= 15 is 0 Å². The van der Waals surface area contributed by atoms with Crippen LogP contribution in [0, 0.1) is 0 Å². The fraction of sp³-hybridized carbons (Fsp3) is 0.419. The quantitative estimate of drug-likeness (QED) is 0.160. The minimum absolute atomic E-state index is 0.00476. The van der Waals surface area contributed by atoms with Crippen molar-refractivity contribution in [1.29, 1.82) is 0 Å². The van der Waals surface area contributed by atoms with Gasteiger partial charge >= 0.3 is 0 Å². The molecule has 0 bridgehead atoms. The molecule has 1 fully saturated rings. The maximum absolute atomic E-state index is 2.92. The van der Waals surface area contributed by atoms with Crippen molar-refractivity contribution in [1.82, 2.24) is 0 Å². The highest BCUT2D eigenvalue weighted by Crippen LogP contribution is 2.66. The molecule has 4 aliphatic heterocycles. The third kappa shape index (κ3) is 5.28. The Kier molecular flexibility index (Phi) is 8.48. The second-order valence-corrected chi connectivity index (χ2v) is 25.3. The molecule has 4 heterocycles. The molecule has 2 aliphatic carbocycles. The van der Waals surface area contributed by atoms with Crippen molar-refractivity contribution in [3.8, 4) is 0 Å². The van der Waals surface area contributed by atoms with E-state index in [0.29, 0.717) is 0 Å². The molecule has 0 amide bonds. The Morgan fingerprint density at radius 2 is 1.09 bits per heavy atom. The summed E-state index contributed by atoms with van der Waals surface area (Å²) in [6.07, 6.45) is 7.11. The van der Waals surface area contributed by atoms with Gasteiger partial charge in [0.15, 0.2) is 0 Å². The molecule has 6 aromatic rings. The molecule has 66 heavy (non-hydrogen) atoms. The number of aryl methyl sites for hydroxylation is 1. The number of rotatable bonds is 2. The molecule has 6 aromatic carbocycles. The Bertz CT molecular complexity index is 3030. The summed E-state index contributed by atoms with van der Waals surface area (Å²) in [5.74, 6) is 0. The molecule has 0 spiro atoms. The summed E-state index contributed by atoms with van der Waals surface area (Å²) in [6, 6.07) is 46.7. The van der Waals surface area contributed by atoms with Crippen molar-refractivity contribution >= 4 is 62.9 Å². The van der Waals surface area contributed by atoms with Gasteiger partial charge in [-0.05, 0) is 148 Å². The van der Waals surface area contributed by atoms with E-state index in [1.165, 1.54) is 115 Å². The largest absolute Gasteiger partial charge is 0.335 e. The van der Waals surface area contributed by atoms with Gasteiger partial charge in [0.2, 0.25) is 0 Å². The Morgan fingerprint density at radius 1 is 0.470 bits per heavy atom. The molecule has 336 valence electrons. The monoisotopic (exact) mass is 868 g/mol. The van der Waals surface area contributed by atoms with Gasteiger partial charge in [-0.25, -0.2) is 0 Å². The highest BCUT2D eigenvalue weighted by atomic mass is 15.3. The maximum atomic E-state index is 2.92. The highest BCUT2D eigenvalue weighted by molar-refractivity contribution is 7.00. The van der Waals surface area contributed by atoms with Crippen molar-refractivity contribution in [2.75, 3.05) is 14.7 Å². The van der Waals surface area contributed by atoms with E-state index in [2.05, 4.69) is 220 Å². The number of hydrogen-bond donors (Lipinski definition) is 0. The van der Waals surface area contributed by atoms with E-state index in [4.69, 9.17) is 0 Å². The molecule has 0 N–H and O–H groups in total. The number of nitrogens with zero attached hydrogens (tertiary/aromatic N) is 3. The van der Waals surface area contributed by atoms with E-state index in [0.717, 1.165) is 12.8 Å². The average molecular weight is 868 g/mol. The zero-order chi connectivity index (χ0) is 46.3. The van der Waals surface area contributed by atoms with Crippen LogP contribution in [0.25, 0.3) is 0 Å². The third-order valence-corrected chi connectivity index (χ3v) is 18.7. The molecule has 12 rings (SSSR count). The predicted octanol–water partition coefficient (Wildman–Crippen LogP) is 14.2. The first kappa shape index (κ1) is 42.2. The number of benzene rings is 6. The molecule has 4 heteroatoms. The number of para-hydroxylation sites is 1. The van der Waals surface area contributed by atoms with E-state index in [-0.39, 0.29) is 44.9 Å². The standard InChI is InChI=1S/C62H70BN3/c1-56(2,3)40-23-27-43(28-24-40)64-51-30-26-42(58(7,8)9)36-49(51)63-48-22-18-21-46-55(48)66(61(12)33-17-16-32-59(46,61)10)53-38-44(37-52(64)54(53)63)65-50-29-25-41(57(4,5)6)35-47(50)60(11)34-31-39-19-14-15-20-45(39)62(60,65)13/h14-15,18-30,35-38H,16-17,31-34H2,1-13H3. The van der Waals surface area contributed by atoms with E-state index in [9.17, 15) is 0 Å². The van der Waals surface area contributed by atoms with Gasteiger partial charge in [-0.3, -0.25) is 0 Å². The Balaban J connectivity index is 1.21.